The number of anilines is 1. The van der Waals surface area contributed by atoms with Crippen molar-refractivity contribution in [1.82, 2.24) is 0 Å². The Hall–Kier alpha value is -1.62. The van der Waals surface area contributed by atoms with Gasteiger partial charge in [0.05, 0.1) is 12.8 Å². The van der Waals surface area contributed by atoms with Crippen LogP contribution in [-0.2, 0) is 4.79 Å². The Bertz CT molecular complexity index is 382. The van der Waals surface area contributed by atoms with E-state index < -0.39 is 12.5 Å². The Morgan fingerprint density at radius 1 is 1.60 bits per heavy atom. The fourth-order valence-electron chi connectivity index (χ4n) is 1.01. The van der Waals surface area contributed by atoms with Gasteiger partial charge in [-0.1, -0.05) is 22.8 Å². The quantitative estimate of drug-likeness (QED) is 0.802. The molecule has 0 fully saturated rings. The molecule has 80 valence electrons. The number of amides is 1. The molecule has 0 heterocycles. The van der Waals surface area contributed by atoms with E-state index >= 15 is 0 Å². The van der Waals surface area contributed by atoms with Gasteiger partial charge in [0, 0.05) is 0 Å². The van der Waals surface area contributed by atoms with Crippen LogP contribution < -0.4 is 10.1 Å². The van der Waals surface area contributed by atoms with Crippen LogP contribution in [0.1, 0.15) is 0 Å². The molecule has 0 saturated heterocycles. The van der Waals surface area contributed by atoms with E-state index in [-0.39, 0.29) is 0 Å². The molecule has 1 amide bonds. The van der Waals surface area contributed by atoms with Crippen molar-refractivity contribution in [2.24, 2.45) is 5.18 Å². The van der Waals surface area contributed by atoms with Gasteiger partial charge in [-0.15, -0.1) is 0 Å². The minimum Gasteiger partial charge on any atom is -0.495 e. The van der Waals surface area contributed by atoms with Crippen LogP contribution in [0.4, 0.5) is 5.69 Å². The molecule has 1 rings (SSSR count). The highest BCUT2D eigenvalue weighted by Gasteiger charge is 2.09. The maximum absolute atomic E-state index is 11.1. The smallest absolute Gasteiger partial charge is 0.249 e. The van der Waals surface area contributed by atoms with Crippen molar-refractivity contribution in [3.8, 4) is 5.75 Å². The topological polar surface area (TPSA) is 67.8 Å². The molecule has 0 atom stereocenters. The number of benzene rings is 1. The van der Waals surface area contributed by atoms with E-state index in [9.17, 15) is 9.70 Å². The summed E-state index contributed by atoms with van der Waals surface area (Å²) in [5.41, 5.74) is 0.393. The lowest BCUT2D eigenvalue weighted by atomic mass is 10.3. The molecule has 1 aromatic carbocycles. The van der Waals surface area contributed by atoms with Crippen LogP contribution in [0.5, 0.6) is 5.75 Å². The molecule has 0 aliphatic rings. The first-order valence-electron chi connectivity index (χ1n) is 4.10. The highest BCUT2D eigenvalue weighted by molar-refractivity contribution is 6.35. The van der Waals surface area contributed by atoms with Crippen LogP contribution in [0.3, 0.4) is 0 Å². The van der Waals surface area contributed by atoms with Gasteiger partial charge in [-0.3, -0.25) is 4.79 Å². The zero-order chi connectivity index (χ0) is 11.3. The van der Waals surface area contributed by atoms with E-state index in [0.717, 1.165) is 0 Å². The minimum atomic E-state index is -0.514. The predicted molar refractivity (Wildman–Crippen MR) is 57.3 cm³/mol. The second kappa shape index (κ2) is 5.31. The van der Waals surface area contributed by atoms with Crippen molar-refractivity contribution in [1.29, 1.82) is 0 Å². The number of hydrogen-bond acceptors (Lipinski definition) is 4. The molecule has 0 aliphatic carbocycles. The van der Waals surface area contributed by atoms with E-state index in [4.69, 9.17) is 16.3 Å². The Morgan fingerprint density at radius 3 is 2.93 bits per heavy atom. The number of ether oxygens (including phenoxy) is 1. The number of nitrogens with one attached hydrogen (secondary N) is 1. The molecule has 5 nitrogen and oxygen atoms in total. The van der Waals surface area contributed by atoms with Gasteiger partial charge < -0.3 is 10.1 Å². The molecule has 0 radical (unpaired) electrons. The maximum atomic E-state index is 11.1. The molecule has 0 aliphatic heterocycles. The number of halogens is 1. The van der Waals surface area contributed by atoms with Crippen LogP contribution in [0.25, 0.3) is 0 Å². The normalized spacial score (nSPS) is 9.47. The molecule has 15 heavy (non-hydrogen) atoms. The summed E-state index contributed by atoms with van der Waals surface area (Å²) in [5, 5.41) is 5.20. The molecule has 0 spiro atoms. The van der Waals surface area contributed by atoms with Crippen molar-refractivity contribution in [2.75, 3.05) is 19.0 Å². The zero-order valence-corrected chi connectivity index (χ0v) is 8.75. The van der Waals surface area contributed by atoms with Crippen LogP contribution >= 0.6 is 11.6 Å². The van der Waals surface area contributed by atoms with Crippen LogP contribution in [-0.4, -0.2) is 19.6 Å². The summed E-state index contributed by atoms with van der Waals surface area (Å²) < 4.78 is 4.96. The lowest BCUT2D eigenvalue weighted by molar-refractivity contribution is -0.114. The van der Waals surface area contributed by atoms with E-state index in [1.165, 1.54) is 7.11 Å². The number of hydrogen-bond donors (Lipinski definition) is 1. The molecule has 0 unspecified atom stereocenters. The zero-order valence-electron chi connectivity index (χ0n) is 7.99. The Kier molecular flexibility index (Phi) is 4.05. The number of carbonyl (C=O) groups is 1. The molecular formula is C9H9ClN2O3. The maximum Gasteiger partial charge on any atom is 0.249 e. The summed E-state index contributed by atoms with van der Waals surface area (Å²) in [6.07, 6.45) is 0. The Labute approximate surface area is 91.3 Å². The number of carbonyl (C=O) groups excluding carboxylic acids is 1. The number of methoxy groups -OCH3 is 1. The van der Waals surface area contributed by atoms with E-state index in [0.29, 0.717) is 16.5 Å². The lowest BCUT2D eigenvalue weighted by Crippen LogP contribution is -2.14. The first-order valence-corrected chi connectivity index (χ1v) is 4.48. The van der Waals surface area contributed by atoms with Gasteiger partial charge in [-0.05, 0) is 12.1 Å². The summed E-state index contributed by atoms with van der Waals surface area (Å²) in [7, 11) is 1.47. The first kappa shape index (κ1) is 11.5. The fraction of sp³-hybridized carbons (Fsp3) is 0.222. The summed E-state index contributed by atoms with van der Waals surface area (Å²) in [4.78, 5) is 20.9. The number of rotatable bonds is 4. The van der Waals surface area contributed by atoms with Crippen molar-refractivity contribution < 1.29 is 9.53 Å². The lowest BCUT2D eigenvalue weighted by Gasteiger charge is -2.08. The molecule has 1 aromatic rings. The third kappa shape index (κ3) is 2.92. The van der Waals surface area contributed by atoms with Crippen molar-refractivity contribution >= 4 is 23.2 Å². The SMILES string of the molecule is COc1cccc(NC(=O)CN=O)c1Cl. The van der Waals surface area contributed by atoms with Gasteiger partial charge in [0.25, 0.3) is 0 Å². The average molecular weight is 229 g/mol. The third-order valence-electron chi connectivity index (χ3n) is 1.67. The standard InChI is InChI=1S/C9H9ClN2O3/c1-15-7-4-2-3-6(9(7)10)12-8(13)5-11-14/h2-4H,5H2,1H3,(H,12,13). The van der Waals surface area contributed by atoms with Crippen LogP contribution in [0.15, 0.2) is 23.4 Å². The number of nitrogens with zero attached hydrogens (tertiary/aromatic N) is 1. The van der Waals surface area contributed by atoms with E-state index in [1.54, 1.807) is 18.2 Å². The van der Waals surface area contributed by atoms with Gasteiger partial charge in [-0.2, -0.15) is 4.91 Å². The average Bonchev–Trinajstić information content (AvgIpc) is 2.21. The molecule has 0 aromatic heterocycles. The second-order valence-corrected chi connectivity index (χ2v) is 3.04. The van der Waals surface area contributed by atoms with E-state index in [2.05, 4.69) is 10.5 Å². The highest BCUT2D eigenvalue weighted by atomic mass is 35.5. The molecule has 6 heteroatoms. The van der Waals surface area contributed by atoms with Crippen molar-refractivity contribution in [3.05, 3.63) is 28.1 Å². The molecular weight excluding hydrogens is 220 g/mol. The summed E-state index contributed by atoms with van der Waals surface area (Å²) in [6, 6.07) is 4.94. The minimum absolute atomic E-state index is 0.291. The van der Waals surface area contributed by atoms with Gasteiger partial charge in [0.15, 0.2) is 6.54 Å². The van der Waals surface area contributed by atoms with E-state index in [1.807, 2.05) is 0 Å². The third-order valence-corrected chi connectivity index (χ3v) is 2.06. The molecule has 0 bridgehead atoms. The Morgan fingerprint density at radius 2 is 2.33 bits per heavy atom. The fourth-order valence-corrected chi connectivity index (χ4v) is 1.26. The molecule has 0 saturated carbocycles. The first-order chi connectivity index (χ1) is 7.19. The van der Waals surface area contributed by atoms with Gasteiger partial charge in [0.2, 0.25) is 5.91 Å². The monoisotopic (exact) mass is 228 g/mol. The Balaban J connectivity index is 2.85. The molecule has 1 N–H and O–H groups in total. The van der Waals surface area contributed by atoms with Crippen molar-refractivity contribution in [3.63, 3.8) is 0 Å². The highest BCUT2D eigenvalue weighted by Crippen LogP contribution is 2.31. The summed E-state index contributed by atoms with van der Waals surface area (Å²) in [6.45, 7) is -0.437. The van der Waals surface area contributed by atoms with Gasteiger partial charge >= 0.3 is 0 Å². The van der Waals surface area contributed by atoms with Crippen molar-refractivity contribution in [2.45, 2.75) is 0 Å². The van der Waals surface area contributed by atoms with Gasteiger partial charge in [-0.25, -0.2) is 0 Å². The van der Waals surface area contributed by atoms with Crippen LogP contribution in [0, 0.1) is 4.91 Å². The predicted octanol–water partition coefficient (Wildman–Crippen LogP) is 2.05. The second-order valence-electron chi connectivity index (χ2n) is 2.66. The summed E-state index contributed by atoms with van der Waals surface area (Å²) >= 11 is 5.90. The summed E-state index contributed by atoms with van der Waals surface area (Å²) in [5.74, 6) is -0.0614. The largest absolute Gasteiger partial charge is 0.495 e. The number of nitroso groups, excluding NO2 is 1. The van der Waals surface area contributed by atoms with Gasteiger partial charge in [0.1, 0.15) is 10.8 Å². The van der Waals surface area contributed by atoms with Crippen LogP contribution in [0.2, 0.25) is 5.02 Å².